The molecule has 0 unspecified atom stereocenters. The van der Waals surface area contributed by atoms with Gasteiger partial charge in [0, 0.05) is 45.1 Å². The number of hydrogen-bond donors (Lipinski definition) is 2. The molecule has 174 valence electrons. The maximum Gasteiger partial charge on any atom is 0.161 e. The van der Waals surface area contributed by atoms with E-state index in [9.17, 15) is 0 Å². The molecule has 0 radical (unpaired) electrons. The van der Waals surface area contributed by atoms with Crippen LogP contribution >= 0.6 is 0 Å². The van der Waals surface area contributed by atoms with E-state index in [0.29, 0.717) is 23.0 Å². The lowest BCUT2D eigenvalue weighted by molar-refractivity contribution is 0.560. The van der Waals surface area contributed by atoms with Gasteiger partial charge in [-0.2, -0.15) is 19.6 Å². The summed E-state index contributed by atoms with van der Waals surface area (Å²) < 4.78 is 3.52. The van der Waals surface area contributed by atoms with Gasteiger partial charge in [0.15, 0.2) is 23.3 Å². The van der Waals surface area contributed by atoms with Crippen molar-refractivity contribution < 1.29 is 0 Å². The molecule has 0 saturated carbocycles. The van der Waals surface area contributed by atoms with Crippen LogP contribution in [-0.4, -0.2) is 57.7 Å². The lowest BCUT2D eigenvalue weighted by Crippen LogP contribution is -2.18. The highest BCUT2D eigenvalue weighted by Crippen LogP contribution is 2.37. The second-order valence-corrected chi connectivity index (χ2v) is 10.5. The maximum absolute atomic E-state index is 6.50. The number of aromatic nitrogens is 6. The van der Waals surface area contributed by atoms with Crippen molar-refractivity contribution in [2.45, 2.75) is 52.4 Å². The number of rotatable bonds is 4. The summed E-state index contributed by atoms with van der Waals surface area (Å²) in [6, 6.07) is 1.84. The Balaban J connectivity index is 2.24. The highest BCUT2D eigenvalue weighted by molar-refractivity contribution is 5.71. The minimum atomic E-state index is -0.216. The van der Waals surface area contributed by atoms with Crippen LogP contribution in [0.1, 0.15) is 52.9 Å². The van der Waals surface area contributed by atoms with Crippen molar-refractivity contribution in [3.63, 3.8) is 0 Å². The number of hydrogen-bond acceptors (Lipinski definition) is 8. The molecule has 0 aliphatic rings. The molecule has 3 heterocycles. The molecule has 3 aromatic rings. The lowest BCUT2D eigenvalue weighted by Gasteiger charge is -2.17. The van der Waals surface area contributed by atoms with E-state index < -0.39 is 0 Å². The Morgan fingerprint density at radius 2 is 1.03 bits per heavy atom. The number of nitrogens with two attached hydrogens (primary N) is 2. The third-order valence-electron chi connectivity index (χ3n) is 5.13. The maximum atomic E-state index is 6.50. The van der Waals surface area contributed by atoms with Crippen molar-refractivity contribution >= 4 is 23.0 Å². The van der Waals surface area contributed by atoms with Crippen LogP contribution in [0.4, 0.5) is 23.0 Å². The quantitative estimate of drug-likeness (QED) is 0.635. The van der Waals surface area contributed by atoms with E-state index in [-0.39, 0.29) is 10.8 Å². The molecule has 10 nitrogen and oxygen atoms in total. The van der Waals surface area contributed by atoms with Crippen molar-refractivity contribution in [3.8, 4) is 11.6 Å². The zero-order valence-corrected chi connectivity index (χ0v) is 20.9. The van der Waals surface area contributed by atoms with Crippen LogP contribution < -0.4 is 21.3 Å². The first-order valence-corrected chi connectivity index (χ1v) is 10.6. The zero-order valence-electron chi connectivity index (χ0n) is 20.9. The molecule has 0 atom stereocenters. The molecule has 0 saturated heterocycles. The van der Waals surface area contributed by atoms with Gasteiger partial charge in [-0.15, -0.1) is 0 Å². The van der Waals surface area contributed by atoms with Crippen molar-refractivity contribution in [2.24, 2.45) is 0 Å². The molecule has 0 aliphatic heterocycles. The van der Waals surface area contributed by atoms with Gasteiger partial charge in [-0.25, -0.2) is 9.97 Å². The fraction of sp³-hybridized carbons (Fsp3) is 0.545. The van der Waals surface area contributed by atoms with Crippen molar-refractivity contribution in [3.05, 3.63) is 23.8 Å². The first-order chi connectivity index (χ1) is 14.6. The molecule has 32 heavy (non-hydrogen) atoms. The summed E-state index contributed by atoms with van der Waals surface area (Å²) in [4.78, 5) is 12.9. The Morgan fingerprint density at radius 1 is 0.688 bits per heavy atom. The smallest absolute Gasteiger partial charge is 0.161 e. The van der Waals surface area contributed by atoms with Crippen LogP contribution in [0, 0.1) is 0 Å². The molecule has 3 aromatic heterocycles. The zero-order chi connectivity index (χ0) is 24.2. The molecule has 0 amide bonds. The SMILES string of the molecule is CN(C)c1c(N)c(C(C)(C)C)nn1-c1cc(-n2nc(C(C)(C)C)c(N)c2N(C)C)ncn1. The van der Waals surface area contributed by atoms with Gasteiger partial charge in [0.25, 0.3) is 0 Å². The first-order valence-electron chi connectivity index (χ1n) is 10.6. The van der Waals surface area contributed by atoms with Crippen LogP contribution in [0.3, 0.4) is 0 Å². The predicted molar refractivity (Wildman–Crippen MR) is 131 cm³/mol. The van der Waals surface area contributed by atoms with Crippen LogP contribution in [-0.2, 0) is 10.8 Å². The second-order valence-electron chi connectivity index (χ2n) is 10.5. The van der Waals surface area contributed by atoms with Crippen LogP contribution in [0.2, 0.25) is 0 Å². The van der Waals surface area contributed by atoms with Gasteiger partial charge in [0.2, 0.25) is 0 Å². The average molecular weight is 441 g/mol. The van der Waals surface area contributed by atoms with Gasteiger partial charge in [-0.1, -0.05) is 41.5 Å². The van der Waals surface area contributed by atoms with Gasteiger partial charge in [-0.05, 0) is 0 Å². The summed E-state index contributed by atoms with van der Waals surface area (Å²) in [6.07, 6.45) is 1.51. The monoisotopic (exact) mass is 440 g/mol. The first kappa shape index (κ1) is 23.4. The van der Waals surface area contributed by atoms with E-state index in [1.54, 1.807) is 9.36 Å². The summed E-state index contributed by atoms with van der Waals surface area (Å²) in [5.41, 5.74) is 15.5. The van der Waals surface area contributed by atoms with Crippen LogP contribution in [0.15, 0.2) is 12.4 Å². The Kier molecular flexibility index (Phi) is 5.61. The minimum absolute atomic E-state index is 0.216. The van der Waals surface area contributed by atoms with Crippen LogP contribution in [0.5, 0.6) is 0 Å². The summed E-state index contributed by atoms with van der Waals surface area (Å²) in [5.74, 6) is 2.72. The van der Waals surface area contributed by atoms with Crippen LogP contribution in [0.25, 0.3) is 11.6 Å². The highest BCUT2D eigenvalue weighted by atomic mass is 15.4. The Hall–Kier alpha value is -3.30. The van der Waals surface area contributed by atoms with Gasteiger partial charge in [0.1, 0.15) is 6.33 Å². The number of nitrogen functional groups attached to an aromatic ring is 2. The molecule has 0 bridgehead atoms. The predicted octanol–water partition coefficient (Wildman–Crippen LogP) is 2.74. The molecule has 0 aromatic carbocycles. The van der Waals surface area contributed by atoms with E-state index in [1.165, 1.54) is 6.33 Å². The molecule has 10 heteroatoms. The van der Waals surface area contributed by atoms with E-state index in [2.05, 4.69) is 51.5 Å². The summed E-state index contributed by atoms with van der Waals surface area (Å²) in [5, 5.41) is 9.64. The molecule has 0 spiro atoms. The largest absolute Gasteiger partial charge is 0.394 e. The Morgan fingerprint density at radius 3 is 1.31 bits per heavy atom. The standard InChI is InChI=1S/C22H36N10/c1-21(2,3)17-15(23)19(29(7)8)31(27-17)13-11-14(26-12-25-13)32-20(30(9)10)16(24)18(28-32)22(4,5)6/h11-12H,23-24H2,1-10H3. The van der Waals surface area contributed by atoms with Gasteiger partial charge < -0.3 is 21.3 Å². The van der Waals surface area contributed by atoms with Crippen molar-refractivity contribution in [1.82, 2.24) is 29.5 Å². The van der Waals surface area contributed by atoms with Crippen molar-refractivity contribution in [1.29, 1.82) is 0 Å². The van der Waals surface area contributed by atoms with Gasteiger partial charge in [-0.3, -0.25) is 0 Å². The number of anilines is 4. The Bertz CT molecular complexity index is 1040. The summed E-state index contributed by atoms with van der Waals surface area (Å²) in [7, 11) is 7.75. The van der Waals surface area contributed by atoms with E-state index in [0.717, 1.165) is 23.0 Å². The van der Waals surface area contributed by atoms with E-state index >= 15 is 0 Å². The van der Waals surface area contributed by atoms with Crippen molar-refractivity contribution in [2.75, 3.05) is 49.5 Å². The topological polar surface area (TPSA) is 120 Å². The fourth-order valence-electron chi connectivity index (χ4n) is 3.70. The summed E-state index contributed by atoms with van der Waals surface area (Å²) in [6.45, 7) is 12.5. The lowest BCUT2D eigenvalue weighted by atomic mass is 9.91. The third kappa shape index (κ3) is 3.96. The van der Waals surface area contributed by atoms with E-state index in [1.807, 2.05) is 44.1 Å². The third-order valence-corrected chi connectivity index (χ3v) is 5.13. The second kappa shape index (κ2) is 7.68. The molecule has 4 N–H and O–H groups in total. The molecular formula is C22H36N10. The minimum Gasteiger partial charge on any atom is -0.394 e. The molecule has 0 fully saturated rings. The number of nitrogens with zero attached hydrogens (tertiary/aromatic N) is 8. The average Bonchev–Trinajstić information content (AvgIpc) is 3.19. The fourth-order valence-corrected chi connectivity index (χ4v) is 3.70. The Labute approximate surface area is 190 Å². The molecular weight excluding hydrogens is 404 g/mol. The normalized spacial score (nSPS) is 12.3. The highest BCUT2D eigenvalue weighted by Gasteiger charge is 2.29. The van der Waals surface area contributed by atoms with E-state index in [4.69, 9.17) is 21.7 Å². The molecule has 0 aliphatic carbocycles. The van der Waals surface area contributed by atoms with Gasteiger partial charge in [0.05, 0.1) is 22.8 Å². The summed E-state index contributed by atoms with van der Waals surface area (Å²) >= 11 is 0. The molecule has 3 rings (SSSR count). The van der Waals surface area contributed by atoms with Gasteiger partial charge >= 0.3 is 0 Å².